The first-order valence-electron chi connectivity index (χ1n) is 4.54. The van der Waals surface area contributed by atoms with Gasteiger partial charge in [0.1, 0.15) is 0 Å². The summed E-state index contributed by atoms with van der Waals surface area (Å²) >= 11 is 0. The highest BCUT2D eigenvalue weighted by molar-refractivity contribution is 5.14. The van der Waals surface area contributed by atoms with E-state index in [9.17, 15) is 0 Å². The molecule has 12 heavy (non-hydrogen) atoms. The van der Waals surface area contributed by atoms with Crippen LogP contribution >= 0.6 is 0 Å². The molecule has 3 heteroatoms. The van der Waals surface area contributed by atoms with Crippen LogP contribution in [0.25, 0.3) is 0 Å². The Balaban J connectivity index is 2.20. The minimum atomic E-state index is 1.06. The standard InChI is InChI=1S/C9H17N3/c1-3-10-6-4-5-9-7-11-12-8(9)2/h7,10H,3-6H2,1-2H3,(H,11,12). The van der Waals surface area contributed by atoms with E-state index in [2.05, 4.69) is 29.4 Å². The van der Waals surface area contributed by atoms with Gasteiger partial charge in [-0.3, -0.25) is 5.10 Å². The van der Waals surface area contributed by atoms with Gasteiger partial charge in [0.15, 0.2) is 0 Å². The number of nitrogens with one attached hydrogen (secondary N) is 2. The Morgan fingerprint density at radius 2 is 2.42 bits per heavy atom. The monoisotopic (exact) mass is 167 g/mol. The van der Waals surface area contributed by atoms with Crippen LogP contribution in [0.3, 0.4) is 0 Å². The summed E-state index contributed by atoms with van der Waals surface area (Å²) in [5.74, 6) is 0. The van der Waals surface area contributed by atoms with Crippen molar-refractivity contribution in [1.82, 2.24) is 15.5 Å². The van der Waals surface area contributed by atoms with Crippen LogP contribution in [0, 0.1) is 6.92 Å². The van der Waals surface area contributed by atoms with Gasteiger partial charge in [-0.1, -0.05) is 6.92 Å². The van der Waals surface area contributed by atoms with Gasteiger partial charge in [-0.15, -0.1) is 0 Å². The first kappa shape index (κ1) is 9.26. The highest BCUT2D eigenvalue weighted by atomic mass is 15.1. The molecule has 0 aliphatic heterocycles. The number of aromatic nitrogens is 2. The molecule has 0 spiro atoms. The average molecular weight is 167 g/mol. The van der Waals surface area contributed by atoms with Gasteiger partial charge in [-0.2, -0.15) is 5.10 Å². The predicted octanol–water partition coefficient (Wildman–Crippen LogP) is 1.26. The fraction of sp³-hybridized carbons (Fsp3) is 0.667. The van der Waals surface area contributed by atoms with Gasteiger partial charge in [0, 0.05) is 5.69 Å². The molecule has 3 nitrogen and oxygen atoms in total. The van der Waals surface area contributed by atoms with Gasteiger partial charge in [-0.25, -0.2) is 0 Å². The number of hydrogen-bond donors (Lipinski definition) is 2. The molecule has 0 radical (unpaired) electrons. The third kappa shape index (κ3) is 2.66. The quantitative estimate of drug-likeness (QED) is 0.648. The fourth-order valence-electron chi connectivity index (χ4n) is 1.21. The Hall–Kier alpha value is -0.830. The zero-order valence-corrected chi connectivity index (χ0v) is 7.85. The lowest BCUT2D eigenvalue weighted by Crippen LogP contribution is -2.14. The first-order valence-corrected chi connectivity index (χ1v) is 4.54. The maximum atomic E-state index is 3.98. The number of hydrogen-bond acceptors (Lipinski definition) is 2. The summed E-state index contributed by atoms with van der Waals surface area (Å²) in [7, 11) is 0. The van der Waals surface area contributed by atoms with Crippen molar-refractivity contribution in [2.24, 2.45) is 0 Å². The summed E-state index contributed by atoms with van der Waals surface area (Å²) in [6, 6.07) is 0. The topological polar surface area (TPSA) is 40.7 Å². The molecule has 0 aromatic carbocycles. The molecular weight excluding hydrogens is 150 g/mol. The lowest BCUT2D eigenvalue weighted by molar-refractivity contribution is 0.672. The van der Waals surface area contributed by atoms with Gasteiger partial charge >= 0.3 is 0 Å². The van der Waals surface area contributed by atoms with Crippen LogP contribution in [-0.2, 0) is 6.42 Å². The van der Waals surface area contributed by atoms with Crippen LogP contribution in [0.4, 0.5) is 0 Å². The Kier molecular flexibility index (Phi) is 3.80. The van der Waals surface area contributed by atoms with Gasteiger partial charge in [-0.05, 0) is 38.4 Å². The van der Waals surface area contributed by atoms with Crippen LogP contribution in [0.1, 0.15) is 24.6 Å². The molecule has 0 bridgehead atoms. The molecule has 0 saturated carbocycles. The molecule has 0 unspecified atom stereocenters. The maximum Gasteiger partial charge on any atom is 0.0522 e. The highest BCUT2D eigenvalue weighted by Gasteiger charge is 1.98. The second kappa shape index (κ2) is 4.93. The molecule has 2 N–H and O–H groups in total. The van der Waals surface area contributed by atoms with E-state index in [0.29, 0.717) is 0 Å². The van der Waals surface area contributed by atoms with E-state index in [1.807, 2.05) is 6.20 Å². The zero-order valence-electron chi connectivity index (χ0n) is 7.85. The van der Waals surface area contributed by atoms with Crippen molar-refractivity contribution < 1.29 is 0 Å². The minimum absolute atomic E-state index is 1.06. The van der Waals surface area contributed by atoms with Crippen molar-refractivity contribution in [2.45, 2.75) is 26.7 Å². The molecule has 0 atom stereocenters. The van der Waals surface area contributed by atoms with E-state index in [1.165, 1.54) is 17.7 Å². The zero-order chi connectivity index (χ0) is 8.81. The summed E-state index contributed by atoms with van der Waals surface area (Å²) in [5.41, 5.74) is 2.54. The lowest BCUT2D eigenvalue weighted by atomic mass is 10.1. The van der Waals surface area contributed by atoms with Gasteiger partial charge in [0.25, 0.3) is 0 Å². The van der Waals surface area contributed by atoms with E-state index in [1.54, 1.807) is 0 Å². The predicted molar refractivity (Wildman–Crippen MR) is 50.2 cm³/mol. The van der Waals surface area contributed by atoms with Crippen molar-refractivity contribution in [2.75, 3.05) is 13.1 Å². The maximum absolute atomic E-state index is 3.98. The average Bonchev–Trinajstić information content (AvgIpc) is 2.46. The molecule has 0 amide bonds. The molecule has 1 aromatic rings. The number of nitrogens with zero attached hydrogens (tertiary/aromatic N) is 1. The molecule has 0 aliphatic rings. The smallest absolute Gasteiger partial charge is 0.0522 e. The molecule has 0 saturated heterocycles. The molecular formula is C9H17N3. The molecule has 0 aliphatic carbocycles. The Morgan fingerprint density at radius 1 is 1.58 bits per heavy atom. The molecule has 1 heterocycles. The van der Waals surface area contributed by atoms with Crippen LogP contribution in [0.5, 0.6) is 0 Å². The Morgan fingerprint density at radius 3 is 3.00 bits per heavy atom. The number of rotatable bonds is 5. The Labute approximate surface area is 73.6 Å². The number of aromatic amines is 1. The molecule has 1 aromatic heterocycles. The van der Waals surface area contributed by atoms with Gasteiger partial charge < -0.3 is 5.32 Å². The summed E-state index contributed by atoms with van der Waals surface area (Å²) in [6.45, 7) is 6.35. The fourth-order valence-corrected chi connectivity index (χ4v) is 1.21. The van der Waals surface area contributed by atoms with Crippen molar-refractivity contribution in [3.8, 4) is 0 Å². The first-order chi connectivity index (χ1) is 5.84. The molecule has 0 fully saturated rings. The van der Waals surface area contributed by atoms with Crippen LogP contribution in [0.2, 0.25) is 0 Å². The third-order valence-electron chi connectivity index (χ3n) is 1.98. The highest BCUT2D eigenvalue weighted by Crippen LogP contribution is 2.04. The normalized spacial score (nSPS) is 10.5. The second-order valence-electron chi connectivity index (χ2n) is 2.98. The summed E-state index contributed by atoms with van der Waals surface area (Å²) in [5, 5.41) is 10.2. The summed E-state index contributed by atoms with van der Waals surface area (Å²) in [6.07, 6.45) is 4.23. The summed E-state index contributed by atoms with van der Waals surface area (Å²) < 4.78 is 0. The largest absolute Gasteiger partial charge is 0.317 e. The van der Waals surface area contributed by atoms with Crippen LogP contribution in [-0.4, -0.2) is 23.3 Å². The van der Waals surface area contributed by atoms with Gasteiger partial charge in [0.2, 0.25) is 0 Å². The van der Waals surface area contributed by atoms with E-state index in [4.69, 9.17) is 0 Å². The second-order valence-corrected chi connectivity index (χ2v) is 2.98. The van der Waals surface area contributed by atoms with E-state index in [-0.39, 0.29) is 0 Å². The minimum Gasteiger partial charge on any atom is -0.317 e. The van der Waals surface area contributed by atoms with Crippen LogP contribution < -0.4 is 5.32 Å². The van der Waals surface area contributed by atoms with E-state index >= 15 is 0 Å². The van der Waals surface area contributed by atoms with Crippen molar-refractivity contribution in [3.63, 3.8) is 0 Å². The van der Waals surface area contributed by atoms with Crippen LogP contribution in [0.15, 0.2) is 6.20 Å². The van der Waals surface area contributed by atoms with E-state index in [0.717, 1.165) is 19.5 Å². The Bertz CT molecular complexity index is 217. The van der Waals surface area contributed by atoms with Crippen molar-refractivity contribution >= 4 is 0 Å². The number of H-pyrrole nitrogens is 1. The van der Waals surface area contributed by atoms with Crippen molar-refractivity contribution in [1.29, 1.82) is 0 Å². The molecule has 1 rings (SSSR count). The van der Waals surface area contributed by atoms with Gasteiger partial charge in [0.05, 0.1) is 6.20 Å². The molecule has 68 valence electrons. The SMILES string of the molecule is CCNCCCc1cn[nH]c1C. The lowest BCUT2D eigenvalue weighted by Gasteiger charge is -2.00. The summed E-state index contributed by atoms with van der Waals surface area (Å²) in [4.78, 5) is 0. The van der Waals surface area contributed by atoms with E-state index < -0.39 is 0 Å². The third-order valence-corrected chi connectivity index (χ3v) is 1.98. The number of aryl methyl sites for hydroxylation is 2. The van der Waals surface area contributed by atoms with Crippen molar-refractivity contribution in [3.05, 3.63) is 17.5 Å².